The van der Waals surface area contributed by atoms with Crippen LogP contribution in [0.15, 0.2) is 0 Å². The highest BCUT2D eigenvalue weighted by molar-refractivity contribution is 8.00. The molecule has 98 valence electrons. The van der Waals surface area contributed by atoms with E-state index in [0.717, 1.165) is 6.42 Å². The third kappa shape index (κ3) is 2.74. The third-order valence-corrected chi connectivity index (χ3v) is 4.50. The van der Waals surface area contributed by atoms with Crippen LogP contribution in [0.2, 0.25) is 0 Å². The topological polar surface area (TPSA) is 83.6 Å². The minimum absolute atomic E-state index is 0.0468. The standard InChI is InChI=1S/C11H20N2O3S/c1-4-8-13(7(5-17-8)9(14)15)10(16)11(2,3)6-12/h7-8H,4-6,12H2,1-3H3,(H,14,15). The zero-order valence-electron chi connectivity index (χ0n) is 10.5. The smallest absolute Gasteiger partial charge is 0.327 e. The molecule has 0 aromatic carbocycles. The molecule has 0 aromatic rings. The van der Waals surface area contributed by atoms with E-state index < -0.39 is 17.4 Å². The number of nitrogens with two attached hydrogens (primary N) is 1. The lowest BCUT2D eigenvalue weighted by Gasteiger charge is -2.33. The molecule has 2 unspecified atom stereocenters. The monoisotopic (exact) mass is 260 g/mol. The summed E-state index contributed by atoms with van der Waals surface area (Å²) >= 11 is 1.53. The van der Waals surface area contributed by atoms with Gasteiger partial charge in [-0.05, 0) is 20.3 Å². The lowest BCUT2D eigenvalue weighted by molar-refractivity contribution is -0.153. The molecule has 1 aliphatic heterocycles. The maximum atomic E-state index is 12.4. The van der Waals surface area contributed by atoms with Gasteiger partial charge >= 0.3 is 5.97 Å². The van der Waals surface area contributed by atoms with Crippen molar-refractivity contribution in [1.29, 1.82) is 0 Å². The van der Waals surface area contributed by atoms with E-state index in [1.165, 1.54) is 16.7 Å². The predicted octanol–water partition coefficient (Wildman–Crippen LogP) is 0.736. The molecule has 1 rings (SSSR count). The van der Waals surface area contributed by atoms with Crippen molar-refractivity contribution in [3.63, 3.8) is 0 Å². The number of hydrogen-bond donors (Lipinski definition) is 2. The van der Waals surface area contributed by atoms with Crippen molar-refractivity contribution in [3.05, 3.63) is 0 Å². The number of rotatable bonds is 4. The minimum atomic E-state index is -0.936. The van der Waals surface area contributed by atoms with Gasteiger partial charge in [0.1, 0.15) is 6.04 Å². The van der Waals surface area contributed by atoms with Crippen molar-refractivity contribution in [2.24, 2.45) is 11.1 Å². The van der Waals surface area contributed by atoms with Gasteiger partial charge in [0, 0.05) is 12.3 Å². The van der Waals surface area contributed by atoms with E-state index in [4.69, 9.17) is 10.8 Å². The van der Waals surface area contributed by atoms with Gasteiger partial charge in [-0.25, -0.2) is 4.79 Å². The first-order chi connectivity index (χ1) is 7.85. The van der Waals surface area contributed by atoms with Gasteiger partial charge < -0.3 is 15.7 Å². The fourth-order valence-electron chi connectivity index (χ4n) is 1.78. The minimum Gasteiger partial charge on any atom is -0.480 e. The molecule has 1 saturated heterocycles. The summed E-state index contributed by atoms with van der Waals surface area (Å²) in [5, 5.41) is 9.10. The van der Waals surface area contributed by atoms with Crippen LogP contribution in [0.3, 0.4) is 0 Å². The quantitative estimate of drug-likeness (QED) is 0.778. The highest BCUT2D eigenvalue weighted by atomic mass is 32.2. The summed E-state index contributed by atoms with van der Waals surface area (Å²) in [5.41, 5.74) is 4.88. The van der Waals surface area contributed by atoms with Crippen molar-refractivity contribution in [3.8, 4) is 0 Å². The van der Waals surface area contributed by atoms with Crippen LogP contribution in [0.1, 0.15) is 27.2 Å². The number of hydrogen-bond acceptors (Lipinski definition) is 4. The summed E-state index contributed by atoms with van der Waals surface area (Å²) < 4.78 is 0. The lowest BCUT2D eigenvalue weighted by atomic mass is 9.91. The Morgan fingerprint density at radius 3 is 2.53 bits per heavy atom. The predicted molar refractivity (Wildman–Crippen MR) is 67.6 cm³/mol. The molecule has 2 atom stereocenters. The zero-order valence-corrected chi connectivity index (χ0v) is 11.3. The number of carboxylic acids is 1. The molecule has 0 bridgehead atoms. The fraction of sp³-hybridized carbons (Fsp3) is 0.818. The molecule has 6 heteroatoms. The van der Waals surface area contributed by atoms with Crippen molar-refractivity contribution >= 4 is 23.6 Å². The van der Waals surface area contributed by atoms with Gasteiger partial charge in [0.25, 0.3) is 0 Å². The zero-order chi connectivity index (χ0) is 13.2. The molecule has 5 nitrogen and oxygen atoms in total. The summed E-state index contributed by atoms with van der Waals surface area (Å²) in [6.45, 7) is 5.68. The first-order valence-electron chi connectivity index (χ1n) is 5.72. The maximum absolute atomic E-state index is 12.4. The van der Waals surface area contributed by atoms with Gasteiger partial charge in [-0.3, -0.25) is 4.79 Å². The summed E-state index contributed by atoms with van der Waals surface area (Å²) in [6, 6.07) is -0.719. The van der Waals surface area contributed by atoms with E-state index in [2.05, 4.69) is 0 Å². The number of nitrogens with zero attached hydrogens (tertiary/aromatic N) is 1. The molecule has 0 radical (unpaired) electrons. The van der Waals surface area contributed by atoms with Gasteiger partial charge in [0.2, 0.25) is 5.91 Å². The summed E-state index contributed by atoms with van der Waals surface area (Å²) in [4.78, 5) is 25.0. The second kappa shape index (κ2) is 5.27. The number of carboxylic acid groups (broad SMARTS) is 1. The summed E-state index contributed by atoms with van der Waals surface area (Å²) in [6.07, 6.45) is 0.751. The van der Waals surface area contributed by atoms with E-state index in [-0.39, 0.29) is 17.8 Å². The summed E-state index contributed by atoms with van der Waals surface area (Å²) in [7, 11) is 0. The molecule has 17 heavy (non-hydrogen) atoms. The summed E-state index contributed by atoms with van der Waals surface area (Å²) in [5.74, 6) is -0.640. The molecule has 3 N–H and O–H groups in total. The molecule has 0 saturated carbocycles. The highest BCUT2D eigenvalue weighted by Crippen LogP contribution is 2.34. The molecule has 0 aromatic heterocycles. The first kappa shape index (κ1) is 14.3. The Hall–Kier alpha value is -0.750. The average Bonchev–Trinajstić information content (AvgIpc) is 2.71. The second-order valence-electron chi connectivity index (χ2n) is 4.85. The molecule has 0 aliphatic carbocycles. The number of amides is 1. The van der Waals surface area contributed by atoms with Crippen LogP contribution in [0.5, 0.6) is 0 Å². The molecule has 0 spiro atoms. The lowest BCUT2D eigenvalue weighted by Crippen LogP contribution is -2.52. The number of carbonyl (C=O) groups is 2. The van der Waals surface area contributed by atoms with E-state index in [1.54, 1.807) is 13.8 Å². The van der Waals surface area contributed by atoms with Crippen molar-refractivity contribution in [2.45, 2.75) is 38.6 Å². The normalized spacial score (nSPS) is 25.1. The SMILES string of the molecule is CCC1SCC(C(=O)O)N1C(=O)C(C)(C)CN. The number of thioether (sulfide) groups is 1. The van der Waals surface area contributed by atoms with Gasteiger partial charge in [0.05, 0.1) is 10.8 Å². The van der Waals surface area contributed by atoms with Gasteiger partial charge in [-0.2, -0.15) is 0 Å². The Morgan fingerprint density at radius 1 is 1.53 bits per heavy atom. The van der Waals surface area contributed by atoms with Crippen molar-refractivity contribution in [2.75, 3.05) is 12.3 Å². The number of aliphatic carboxylic acids is 1. The Bertz CT molecular complexity index is 320. The van der Waals surface area contributed by atoms with Crippen molar-refractivity contribution in [1.82, 2.24) is 4.90 Å². The average molecular weight is 260 g/mol. The van der Waals surface area contributed by atoms with E-state index in [9.17, 15) is 9.59 Å². The van der Waals surface area contributed by atoms with Gasteiger partial charge in [0.15, 0.2) is 0 Å². The number of carbonyl (C=O) groups excluding carboxylic acids is 1. The van der Waals surface area contributed by atoms with Crippen molar-refractivity contribution < 1.29 is 14.7 Å². The Kier molecular flexibility index (Phi) is 4.43. The third-order valence-electron chi connectivity index (χ3n) is 3.05. The van der Waals surface area contributed by atoms with E-state index in [0.29, 0.717) is 5.75 Å². The van der Waals surface area contributed by atoms with E-state index in [1.807, 2.05) is 6.92 Å². The van der Waals surface area contributed by atoms with Crippen LogP contribution in [0.4, 0.5) is 0 Å². The Labute approximate surface area is 106 Å². The Balaban J connectivity index is 2.97. The first-order valence-corrected chi connectivity index (χ1v) is 6.77. The largest absolute Gasteiger partial charge is 0.480 e. The van der Waals surface area contributed by atoms with Crippen LogP contribution in [-0.4, -0.2) is 45.6 Å². The maximum Gasteiger partial charge on any atom is 0.327 e. The van der Waals surface area contributed by atoms with Crippen LogP contribution < -0.4 is 5.73 Å². The van der Waals surface area contributed by atoms with E-state index >= 15 is 0 Å². The molecule has 1 fully saturated rings. The van der Waals surface area contributed by atoms with Crippen LogP contribution >= 0.6 is 11.8 Å². The van der Waals surface area contributed by atoms with Crippen LogP contribution in [0, 0.1) is 5.41 Å². The Morgan fingerprint density at radius 2 is 2.12 bits per heavy atom. The molecule has 1 heterocycles. The fourth-order valence-corrected chi connectivity index (χ4v) is 3.12. The molecule has 1 amide bonds. The van der Waals surface area contributed by atoms with Gasteiger partial charge in [-0.1, -0.05) is 6.92 Å². The van der Waals surface area contributed by atoms with Crippen LogP contribution in [-0.2, 0) is 9.59 Å². The van der Waals surface area contributed by atoms with Crippen LogP contribution in [0.25, 0.3) is 0 Å². The second-order valence-corrected chi connectivity index (χ2v) is 6.06. The molecular formula is C11H20N2O3S. The molecule has 1 aliphatic rings. The highest BCUT2D eigenvalue weighted by Gasteiger charge is 2.44. The molecular weight excluding hydrogens is 240 g/mol. The van der Waals surface area contributed by atoms with Gasteiger partial charge in [-0.15, -0.1) is 11.8 Å².